The molecular weight excluding hydrogens is 201 g/mol. The second kappa shape index (κ2) is 4.61. The Kier molecular flexibility index (Phi) is 3.70. The first kappa shape index (κ1) is 11.3. The maximum absolute atomic E-state index is 11.7. The van der Waals surface area contributed by atoms with Gasteiger partial charge in [-0.2, -0.15) is 13.2 Å². The number of alkyl halides is 3. The van der Waals surface area contributed by atoms with E-state index in [2.05, 4.69) is 5.32 Å². The minimum atomic E-state index is -4.81. The van der Waals surface area contributed by atoms with Crippen molar-refractivity contribution in [1.29, 1.82) is 0 Å². The van der Waals surface area contributed by atoms with Gasteiger partial charge in [0.25, 0.3) is 0 Å². The molecule has 0 aromatic carbocycles. The summed E-state index contributed by atoms with van der Waals surface area (Å²) in [5, 5.41) is 4.70. The van der Waals surface area contributed by atoms with Gasteiger partial charge in [0.05, 0.1) is 13.2 Å². The molecule has 1 saturated heterocycles. The lowest BCUT2D eigenvalue weighted by Crippen LogP contribution is -2.50. The lowest BCUT2D eigenvalue weighted by Gasteiger charge is -2.24. The molecule has 14 heavy (non-hydrogen) atoms. The highest BCUT2D eigenvalue weighted by atomic mass is 19.4. The van der Waals surface area contributed by atoms with E-state index >= 15 is 0 Å². The summed E-state index contributed by atoms with van der Waals surface area (Å²) >= 11 is 0. The van der Waals surface area contributed by atoms with Crippen molar-refractivity contribution in [3.05, 3.63) is 0 Å². The molecular formula is C7H11F3N2O2. The van der Waals surface area contributed by atoms with Crippen LogP contribution in [-0.4, -0.2) is 44.4 Å². The molecule has 2 N–H and O–H groups in total. The Hall–Kier alpha value is -0.820. The van der Waals surface area contributed by atoms with Crippen LogP contribution in [0.1, 0.15) is 0 Å². The number of carbonyl (C=O) groups excluding carboxylic acids is 1. The zero-order chi connectivity index (χ0) is 10.6. The highest BCUT2D eigenvalue weighted by molar-refractivity contribution is 5.81. The van der Waals surface area contributed by atoms with Crippen LogP contribution < -0.4 is 10.6 Å². The van der Waals surface area contributed by atoms with Crippen molar-refractivity contribution in [2.24, 2.45) is 0 Å². The number of amides is 1. The Morgan fingerprint density at radius 2 is 2.29 bits per heavy atom. The number of halogens is 3. The van der Waals surface area contributed by atoms with Crippen molar-refractivity contribution in [3.63, 3.8) is 0 Å². The molecule has 1 atom stereocenters. The van der Waals surface area contributed by atoms with E-state index < -0.39 is 12.1 Å². The summed E-state index contributed by atoms with van der Waals surface area (Å²) in [6.07, 6.45) is -4.81. The molecule has 1 heterocycles. The molecule has 0 aromatic rings. The van der Waals surface area contributed by atoms with Crippen LogP contribution in [0.15, 0.2) is 0 Å². The summed E-state index contributed by atoms with van der Waals surface area (Å²) < 4.78 is 40.2. The van der Waals surface area contributed by atoms with Crippen LogP contribution in [0.2, 0.25) is 0 Å². The molecule has 1 amide bonds. The molecule has 0 spiro atoms. The van der Waals surface area contributed by atoms with E-state index in [0.717, 1.165) is 0 Å². The largest absolute Gasteiger partial charge is 0.471 e. The molecule has 1 fully saturated rings. The van der Waals surface area contributed by atoms with Gasteiger partial charge in [-0.3, -0.25) is 4.79 Å². The van der Waals surface area contributed by atoms with Crippen molar-refractivity contribution in [3.8, 4) is 0 Å². The van der Waals surface area contributed by atoms with Gasteiger partial charge < -0.3 is 15.4 Å². The predicted molar refractivity (Wildman–Crippen MR) is 41.7 cm³/mol. The van der Waals surface area contributed by atoms with Gasteiger partial charge in [-0.15, -0.1) is 0 Å². The molecule has 0 bridgehead atoms. The Labute approximate surface area is 78.8 Å². The van der Waals surface area contributed by atoms with Gasteiger partial charge in [0.1, 0.15) is 0 Å². The molecule has 1 rings (SSSR count). The van der Waals surface area contributed by atoms with E-state index in [1.165, 1.54) is 0 Å². The number of carbonyl (C=O) groups is 1. The second-order valence-electron chi connectivity index (χ2n) is 2.93. The number of ether oxygens (including phenoxy) is 1. The summed E-state index contributed by atoms with van der Waals surface area (Å²) in [4.78, 5) is 10.4. The Bertz CT molecular complexity index is 202. The zero-order valence-corrected chi connectivity index (χ0v) is 7.36. The molecule has 1 unspecified atom stereocenters. The first-order valence-corrected chi connectivity index (χ1v) is 4.16. The van der Waals surface area contributed by atoms with Crippen molar-refractivity contribution in [1.82, 2.24) is 10.6 Å². The third kappa shape index (κ3) is 3.51. The lowest BCUT2D eigenvalue weighted by atomic mass is 10.3. The normalized spacial score (nSPS) is 23.2. The van der Waals surface area contributed by atoms with Crippen LogP contribution in [-0.2, 0) is 9.53 Å². The summed E-state index contributed by atoms with van der Waals surface area (Å²) in [6, 6.07) is -0.241. The fourth-order valence-electron chi connectivity index (χ4n) is 1.07. The maximum atomic E-state index is 11.7. The average Bonchev–Trinajstić information content (AvgIpc) is 2.14. The van der Waals surface area contributed by atoms with Crippen LogP contribution >= 0.6 is 0 Å². The van der Waals surface area contributed by atoms with Crippen LogP contribution in [0.3, 0.4) is 0 Å². The molecule has 0 aromatic heterocycles. The maximum Gasteiger partial charge on any atom is 0.471 e. The zero-order valence-electron chi connectivity index (χ0n) is 7.36. The third-order valence-corrected chi connectivity index (χ3v) is 1.76. The van der Waals surface area contributed by atoms with Crippen LogP contribution in [0.25, 0.3) is 0 Å². The fraction of sp³-hybridized carbons (Fsp3) is 0.857. The predicted octanol–water partition coefficient (Wildman–Crippen LogP) is -0.347. The van der Waals surface area contributed by atoms with Crippen molar-refractivity contribution < 1.29 is 22.7 Å². The number of hydrogen-bond donors (Lipinski definition) is 2. The van der Waals surface area contributed by atoms with Crippen LogP contribution in [0, 0.1) is 0 Å². The molecule has 0 aliphatic carbocycles. The topological polar surface area (TPSA) is 50.4 Å². The first-order chi connectivity index (χ1) is 6.50. The molecule has 1 aliphatic heterocycles. The molecule has 0 radical (unpaired) electrons. The summed E-state index contributed by atoms with van der Waals surface area (Å²) in [6.45, 7) is 1.38. The van der Waals surface area contributed by atoms with E-state index in [4.69, 9.17) is 4.74 Å². The monoisotopic (exact) mass is 212 g/mol. The molecule has 82 valence electrons. The van der Waals surface area contributed by atoms with E-state index in [9.17, 15) is 18.0 Å². The van der Waals surface area contributed by atoms with Gasteiger partial charge in [-0.25, -0.2) is 0 Å². The number of nitrogens with one attached hydrogen (secondary N) is 2. The Balaban J connectivity index is 2.22. The van der Waals surface area contributed by atoms with Gasteiger partial charge in [-0.1, -0.05) is 0 Å². The van der Waals surface area contributed by atoms with Gasteiger partial charge >= 0.3 is 12.1 Å². The highest BCUT2D eigenvalue weighted by Gasteiger charge is 2.38. The quantitative estimate of drug-likeness (QED) is 0.658. The SMILES string of the molecule is O=C(NCC1COCCN1)C(F)(F)F. The Morgan fingerprint density at radius 1 is 1.57 bits per heavy atom. The summed E-state index contributed by atoms with van der Waals surface area (Å²) in [5.41, 5.74) is 0. The van der Waals surface area contributed by atoms with Crippen LogP contribution in [0.4, 0.5) is 13.2 Å². The van der Waals surface area contributed by atoms with E-state index in [-0.39, 0.29) is 12.6 Å². The third-order valence-electron chi connectivity index (χ3n) is 1.76. The number of rotatable bonds is 2. The molecule has 0 saturated carbocycles. The smallest absolute Gasteiger partial charge is 0.378 e. The van der Waals surface area contributed by atoms with Gasteiger partial charge in [0.15, 0.2) is 0 Å². The first-order valence-electron chi connectivity index (χ1n) is 4.16. The van der Waals surface area contributed by atoms with Gasteiger partial charge in [0, 0.05) is 19.1 Å². The average molecular weight is 212 g/mol. The minimum Gasteiger partial charge on any atom is -0.378 e. The lowest BCUT2D eigenvalue weighted by molar-refractivity contribution is -0.173. The van der Waals surface area contributed by atoms with Crippen molar-refractivity contribution >= 4 is 5.91 Å². The number of hydrogen-bond acceptors (Lipinski definition) is 3. The van der Waals surface area contributed by atoms with Gasteiger partial charge in [0.2, 0.25) is 0 Å². The van der Waals surface area contributed by atoms with E-state index in [0.29, 0.717) is 19.8 Å². The van der Waals surface area contributed by atoms with E-state index in [1.807, 2.05) is 0 Å². The highest BCUT2D eigenvalue weighted by Crippen LogP contribution is 2.13. The molecule has 7 heteroatoms. The summed E-state index contributed by atoms with van der Waals surface area (Å²) in [7, 11) is 0. The number of morpholine rings is 1. The standard InChI is InChI=1S/C7H11F3N2O2/c8-7(9,10)6(13)12-3-5-4-14-2-1-11-5/h5,11H,1-4H2,(H,12,13). The minimum absolute atomic E-state index is 0.0711. The van der Waals surface area contributed by atoms with Crippen molar-refractivity contribution in [2.75, 3.05) is 26.3 Å². The van der Waals surface area contributed by atoms with Crippen LogP contribution in [0.5, 0.6) is 0 Å². The van der Waals surface area contributed by atoms with E-state index in [1.54, 1.807) is 5.32 Å². The molecule has 1 aliphatic rings. The van der Waals surface area contributed by atoms with Crippen molar-refractivity contribution in [2.45, 2.75) is 12.2 Å². The van der Waals surface area contributed by atoms with Gasteiger partial charge in [-0.05, 0) is 0 Å². The fourth-order valence-corrected chi connectivity index (χ4v) is 1.07. The Morgan fingerprint density at radius 3 is 2.79 bits per heavy atom. The molecule has 4 nitrogen and oxygen atoms in total. The second-order valence-corrected chi connectivity index (χ2v) is 2.93. The summed E-state index contributed by atoms with van der Waals surface area (Å²) in [5.74, 6) is -1.91.